The van der Waals surface area contributed by atoms with Crippen molar-refractivity contribution < 1.29 is 4.79 Å². The quantitative estimate of drug-likeness (QED) is 0.860. The van der Waals surface area contributed by atoms with Crippen LogP contribution in [-0.4, -0.2) is 28.5 Å². The second-order valence-corrected chi connectivity index (χ2v) is 6.81. The summed E-state index contributed by atoms with van der Waals surface area (Å²) in [5.74, 6) is 1.97. The number of carbonyl (C=O) groups is 1. The monoisotopic (exact) mass is 346 g/mol. The van der Waals surface area contributed by atoms with Gasteiger partial charge in [-0.05, 0) is 22.3 Å². The van der Waals surface area contributed by atoms with Gasteiger partial charge in [-0.2, -0.15) is 0 Å². The molecule has 3 nitrogen and oxygen atoms in total. The average molecular weight is 347 g/mol. The molecule has 5 heteroatoms. The Bertz CT molecular complexity index is 668. The summed E-state index contributed by atoms with van der Waals surface area (Å²) in [6, 6.07) is 16.8. The lowest BCUT2D eigenvalue weighted by molar-refractivity contribution is -0.133. The third kappa shape index (κ3) is 3.11. The molecule has 23 heavy (non-hydrogen) atoms. The predicted molar refractivity (Wildman–Crippen MR) is 97.6 cm³/mol. The van der Waals surface area contributed by atoms with Crippen molar-refractivity contribution in [2.24, 2.45) is 0 Å². The molecule has 1 amide bonds. The van der Waals surface area contributed by atoms with Gasteiger partial charge in [0.2, 0.25) is 5.91 Å². The van der Waals surface area contributed by atoms with E-state index in [2.05, 4.69) is 53.8 Å². The van der Waals surface area contributed by atoms with E-state index in [1.807, 2.05) is 4.90 Å². The number of thioether (sulfide) groups is 1. The van der Waals surface area contributed by atoms with Crippen LogP contribution in [0.5, 0.6) is 0 Å². The van der Waals surface area contributed by atoms with Gasteiger partial charge in [0.25, 0.3) is 0 Å². The fourth-order valence-corrected chi connectivity index (χ4v) is 4.17. The van der Waals surface area contributed by atoms with E-state index in [0.29, 0.717) is 13.1 Å². The highest BCUT2D eigenvalue weighted by molar-refractivity contribution is 7.99. The van der Waals surface area contributed by atoms with Crippen molar-refractivity contribution in [3.63, 3.8) is 0 Å². The lowest BCUT2D eigenvalue weighted by Crippen LogP contribution is -2.44. The van der Waals surface area contributed by atoms with E-state index >= 15 is 0 Å². The number of nitrogens with one attached hydrogen (secondary N) is 1. The summed E-state index contributed by atoms with van der Waals surface area (Å²) in [7, 11) is 0. The van der Waals surface area contributed by atoms with Crippen LogP contribution < -0.4 is 5.32 Å². The van der Waals surface area contributed by atoms with Crippen LogP contribution in [-0.2, 0) is 17.9 Å². The van der Waals surface area contributed by atoms with E-state index in [1.54, 1.807) is 11.8 Å². The Kier molecular flexibility index (Phi) is 4.95. The van der Waals surface area contributed by atoms with Gasteiger partial charge >= 0.3 is 0 Å². The Morgan fingerprint density at radius 3 is 2.09 bits per heavy atom. The zero-order valence-electron chi connectivity index (χ0n) is 12.7. The Balaban J connectivity index is 0.00000156. The van der Waals surface area contributed by atoms with Crippen molar-refractivity contribution in [2.75, 3.05) is 11.6 Å². The third-order valence-corrected chi connectivity index (χ3v) is 5.31. The topological polar surface area (TPSA) is 32.3 Å². The van der Waals surface area contributed by atoms with E-state index < -0.39 is 0 Å². The molecule has 1 saturated heterocycles. The highest BCUT2D eigenvalue weighted by Gasteiger charge is 2.29. The molecule has 0 bridgehead atoms. The number of fused-ring (bicyclic) bond motifs is 3. The number of rotatable bonds is 1. The van der Waals surface area contributed by atoms with Gasteiger partial charge in [-0.3, -0.25) is 10.1 Å². The molecule has 4 rings (SSSR count). The van der Waals surface area contributed by atoms with E-state index in [1.165, 1.54) is 22.3 Å². The molecule has 0 aliphatic carbocycles. The smallest absolute Gasteiger partial charge is 0.241 e. The van der Waals surface area contributed by atoms with Crippen molar-refractivity contribution in [3.8, 4) is 11.1 Å². The van der Waals surface area contributed by atoms with Gasteiger partial charge in [0.15, 0.2) is 0 Å². The van der Waals surface area contributed by atoms with Gasteiger partial charge in [0, 0.05) is 24.7 Å². The molecule has 1 N–H and O–H groups in total. The molecular formula is C18H19ClN2OS. The van der Waals surface area contributed by atoms with E-state index in [4.69, 9.17) is 0 Å². The van der Waals surface area contributed by atoms with E-state index in [-0.39, 0.29) is 24.4 Å². The number of hydrogen-bond acceptors (Lipinski definition) is 3. The average Bonchev–Trinajstić information content (AvgIpc) is 3.03. The molecule has 120 valence electrons. The summed E-state index contributed by atoms with van der Waals surface area (Å²) in [6.45, 7) is 1.37. The molecule has 1 unspecified atom stereocenters. The second-order valence-electron chi connectivity index (χ2n) is 5.78. The van der Waals surface area contributed by atoms with Crippen LogP contribution in [0.15, 0.2) is 48.5 Å². The molecule has 2 aliphatic rings. The Hall–Kier alpha value is -1.49. The van der Waals surface area contributed by atoms with Gasteiger partial charge in [-0.15, -0.1) is 24.2 Å². The number of amides is 1. The standard InChI is InChI=1S/C18H18N2OS.ClH/c21-18(17-11-22-12-19-17)20-9-13-5-1-3-7-15(13)16-8-4-2-6-14(16)10-20;/h1-8,17,19H,9-12H2;1H. The van der Waals surface area contributed by atoms with Crippen molar-refractivity contribution >= 4 is 30.1 Å². The first kappa shape index (κ1) is 16.4. The molecule has 2 heterocycles. The first-order valence-electron chi connectivity index (χ1n) is 7.59. The maximum Gasteiger partial charge on any atom is 0.241 e. The minimum atomic E-state index is -0.0394. The lowest BCUT2D eigenvalue weighted by Gasteiger charge is -2.24. The van der Waals surface area contributed by atoms with E-state index in [0.717, 1.165) is 11.6 Å². The number of nitrogens with zero attached hydrogens (tertiary/aromatic N) is 1. The predicted octanol–water partition coefficient (Wildman–Crippen LogP) is 3.28. The SMILES string of the molecule is Cl.O=C(C1CSCN1)N1Cc2ccccc2-c2ccccc2C1. The number of carbonyl (C=O) groups excluding carboxylic acids is 1. The summed E-state index contributed by atoms with van der Waals surface area (Å²) in [5.41, 5.74) is 4.96. The van der Waals surface area contributed by atoms with Crippen LogP contribution in [0.25, 0.3) is 11.1 Å². The molecule has 0 saturated carbocycles. The summed E-state index contributed by atoms with van der Waals surface area (Å²) in [5, 5.41) is 3.29. The summed E-state index contributed by atoms with van der Waals surface area (Å²) >= 11 is 1.79. The summed E-state index contributed by atoms with van der Waals surface area (Å²) < 4.78 is 0. The van der Waals surface area contributed by atoms with Gasteiger partial charge in [0.05, 0.1) is 6.04 Å². The number of benzene rings is 2. The molecule has 2 aromatic rings. The van der Waals surface area contributed by atoms with Crippen molar-refractivity contribution in [1.29, 1.82) is 0 Å². The highest BCUT2D eigenvalue weighted by Crippen LogP contribution is 2.32. The first-order valence-corrected chi connectivity index (χ1v) is 8.74. The zero-order valence-corrected chi connectivity index (χ0v) is 14.3. The van der Waals surface area contributed by atoms with Gasteiger partial charge < -0.3 is 4.90 Å². The largest absolute Gasteiger partial charge is 0.333 e. The number of hydrogen-bond donors (Lipinski definition) is 1. The van der Waals surface area contributed by atoms with Crippen LogP contribution >= 0.6 is 24.2 Å². The Morgan fingerprint density at radius 2 is 1.57 bits per heavy atom. The fourth-order valence-electron chi connectivity index (χ4n) is 3.24. The molecule has 1 atom stereocenters. The first-order chi connectivity index (χ1) is 10.8. The minimum absolute atomic E-state index is 0. The Labute approximate surface area is 146 Å². The molecule has 2 aliphatic heterocycles. The molecule has 0 radical (unpaired) electrons. The van der Waals surface area contributed by atoms with Crippen molar-refractivity contribution in [2.45, 2.75) is 19.1 Å². The third-order valence-electron chi connectivity index (χ3n) is 4.37. The summed E-state index contributed by atoms with van der Waals surface area (Å²) in [6.07, 6.45) is 0. The molecule has 0 spiro atoms. The van der Waals surface area contributed by atoms with Crippen LogP contribution in [0.2, 0.25) is 0 Å². The van der Waals surface area contributed by atoms with Crippen molar-refractivity contribution in [1.82, 2.24) is 10.2 Å². The van der Waals surface area contributed by atoms with Crippen molar-refractivity contribution in [3.05, 3.63) is 59.7 Å². The van der Waals surface area contributed by atoms with Crippen LogP contribution in [0.4, 0.5) is 0 Å². The molecule has 1 fully saturated rings. The van der Waals surface area contributed by atoms with Crippen LogP contribution in [0.1, 0.15) is 11.1 Å². The maximum absolute atomic E-state index is 12.8. The van der Waals surface area contributed by atoms with Gasteiger partial charge in [-0.25, -0.2) is 0 Å². The van der Waals surface area contributed by atoms with Crippen LogP contribution in [0, 0.1) is 0 Å². The lowest BCUT2D eigenvalue weighted by atomic mass is 9.97. The van der Waals surface area contributed by atoms with Crippen LogP contribution in [0.3, 0.4) is 0 Å². The second kappa shape index (κ2) is 6.95. The normalized spacial score (nSPS) is 19.3. The maximum atomic E-state index is 12.8. The fraction of sp³-hybridized carbons (Fsp3) is 0.278. The molecular weight excluding hydrogens is 328 g/mol. The molecule has 0 aromatic heterocycles. The zero-order chi connectivity index (χ0) is 14.9. The van der Waals surface area contributed by atoms with E-state index in [9.17, 15) is 4.79 Å². The number of halogens is 1. The molecule has 2 aromatic carbocycles. The minimum Gasteiger partial charge on any atom is -0.333 e. The summed E-state index contributed by atoms with van der Waals surface area (Å²) in [4.78, 5) is 14.8. The van der Waals surface area contributed by atoms with Gasteiger partial charge in [-0.1, -0.05) is 48.5 Å². The highest BCUT2D eigenvalue weighted by atomic mass is 35.5. The Morgan fingerprint density at radius 1 is 1.00 bits per heavy atom. The van der Waals surface area contributed by atoms with Gasteiger partial charge in [0.1, 0.15) is 0 Å².